The number of hydrogen-bond donors (Lipinski definition) is 6. The van der Waals surface area contributed by atoms with Crippen LogP contribution >= 0.6 is 11.8 Å². The van der Waals surface area contributed by atoms with E-state index in [1.165, 1.54) is 16.7 Å². The van der Waals surface area contributed by atoms with Crippen molar-refractivity contribution in [1.82, 2.24) is 25.3 Å². The summed E-state index contributed by atoms with van der Waals surface area (Å²) in [4.78, 5) is 55.6. The van der Waals surface area contributed by atoms with Crippen molar-refractivity contribution >= 4 is 41.4 Å². The van der Waals surface area contributed by atoms with Crippen LogP contribution in [0.5, 0.6) is 0 Å². The quantitative estimate of drug-likeness (QED) is 0.120. The van der Waals surface area contributed by atoms with Gasteiger partial charge in [-0.3, -0.25) is 24.7 Å². The molecular weight excluding hydrogens is 502 g/mol. The summed E-state index contributed by atoms with van der Waals surface area (Å²) in [6.45, 7) is 4.47. The van der Waals surface area contributed by atoms with Crippen molar-refractivity contribution < 1.29 is 29.4 Å². The highest BCUT2D eigenvalue weighted by molar-refractivity contribution is 8.03. The molecule has 0 aromatic rings. The number of carbonyl (C=O) groups excluding carboxylic acids is 3. The van der Waals surface area contributed by atoms with E-state index < -0.39 is 18.0 Å². The van der Waals surface area contributed by atoms with Crippen molar-refractivity contribution in [2.45, 2.75) is 62.7 Å². The lowest BCUT2D eigenvalue weighted by Crippen LogP contribution is -2.63. The van der Waals surface area contributed by atoms with Crippen molar-refractivity contribution in [1.29, 1.82) is 5.41 Å². The number of thioether (sulfide) groups is 1. The van der Waals surface area contributed by atoms with Crippen LogP contribution in [0.25, 0.3) is 0 Å². The molecule has 0 aliphatic carbocycles. The Bertz CT molecular complexity index is 1040. The minimum Gasteiger partial charge on any atom is -0.477 e. The van der Waals surface area contributed by atoms with E-state index in [0.29, 0.717) is 30.8 Å². The number of carbonyl (C=O) groups is 4. The molecular formula is C23H35N7O6S. The minimum atomic E-state index is -1.14. The lowest BCUT2D eigenvalue weighted by Gasteiger charge is -2.46. The number of piperidine rings is 1. The molecule has 7 N–H and O–H groups in total. The molecule has 204 valence electrons. The van der Waals surface area contributed by atoms with Crippen LogP contribution in [-0.4, -0.2) is 111 Å². The zero-order valence-electron chi connectivity index (χ0n) is 21.1. The third-order valence-corrected chi connectivity index (χ3v) is 9.20. The number of carboxylic acids is 1. The van der Waals surface area contributed by atoms with E-state index in [0.717, 1.165) is 0 Å². The summed E-state index contributed by atoms with van der Waals surface area (Å²) >= 11 is 1.46. The number of likely N-dealkylation sites (tertiary alicyclic amines) is 2. The highest BCUT2D eigenvalue weighted by Crippen LogP contribution is 2.52. The van der Waals surface area contributed by atoms with Crippen LogP contribution in [0.15, 0.2) is 10.6 Å². The summed E-state index contributed by atoms with van der Waals surface area (Å²) in [6.07, 6.45) is 0.439. The van der Waals surface area contributed by atoms with E-state index in [1.807, 2.05) is 18.9 Å². The van der Waals surface area contributed by atoms with E-state index in [4.69, 9.17) is 11.1 Å². The van der Waals surface area contributed by atoms with Crippen molar-refractivity contribution in [2.75, 3.05) is 26.7 Å². The van der Waals surface area contributed by atoms with Crippen molar-refractivity contribution in [3.8, 4) is 0 Å². The first kappa shape index (κ1) is 27.2. The SMILES string of the molecule is C[C@@H](O)[C@H]1C(=O)N2C(C(=O)O)=C(S[C@H]3CC(N4CC[C@H](NC(=O)CNC(=N)N)CC4=O)N(C)C3)[C@H](C)[C@H]12. The Labute approximate surface area is 219 Å². The smallest absolute Gasteiger partial charge is 0.353 e. The van der Waals surface area contributed by atoms with Crippen LogP contribution in [0.3, 0.4) is 0 Å². The van der Waals surface area contributed by atoms with Gasteiger partial charge in [0.1, 0.15) is 5.70 Å². The fourth-order valence-corrected chi connectivity index (χ4v) is 7.57. The second-order valence-electron chi connectivity index (χ2n) is 10.3. The van der Waals surface area contributed by atoms with Crippen LogP contribution < -0.4 is 16.4 Å². The molecule has 1 unspecified atom stereocenters. The Kier molecular flexibility index (Phi) is 7.72. The van der Waals surface area contributed by atoms with E-state index >= 15 is 0 Å². The Hall–Kier alpha value is -2.84. The van der Waals surface area contributed by atoms with Crippen molar-refractivity contribution in [2.24, 2.45) is 17.6 Å². The molecule has 4 heterocycles. The second-order valence-corrected chi connectivity index (χ2v) is 11.6. The zero-order chi connectivity index (χ0) is 27.2. The number of nitrogens with zero attached hydrogens (tertiary/aromatic N) is 3. The molecule has 3 fully saturated rings. The molecule has 4 aliphatic heterocycles. The fourth-order valence-electron chi connectivity index (χ4n) is 5.98. The number of β-lactam (4-membered cyclic amide) rings is 1. The summed E-state index contributed by atoms with van der Waals surface area (Å²) in [5.41, 5.74) is 5.21. The first-order valence-electron chi connectivity index (χ1n) is 12.4. The van der Waals surface area contributed by atoms with Gasteiger partial charge >= 0.3 is 5.97 Å². The molecule has 7 atom stereocenters. The molecule has 4 rings (SSSR count). The maximum atomic E-state index is 13.0. The van der Waals surface area contributed by atoms with Gasteiger partial charge in [0, 0.05) is 41.6 Å². The summed E-state index contributed by atoms with van der Waals surface area (Å²) in [5, 5.41) is 32.3. The van der Waals surface area contributed by atoms with Crippen LogP contribution in [0.1, 0.15) is 33.1 Å². The van der Waals surface area contributed by atoms with Gasteiger partial charge in [0.15, 0.2) is 5.96 Å². The molecule has 13 nitrogen and oxygen atoms in total. The predicted molar refractivity (Wildman–Crippen MR) is 135 cm³/mol. The van der Waals surface area contributed by atoms with Crippen LogP contribution in [0.4, 0.5) is 0 Å². The molecule has 3 amide bonds. The zero-order valence-corrected chi connectivity index (χ0v) is 22.0. The number of carboxylic acid groups (broad SMARTS) is 1. The number of aliphatic hydroxyl groups is 1. The largest absolute Gasteiger partial charge is 0.477 e. The first-order chi connectivity index (χ1) is 17.4. The third-order valence-electron chi connectivity index (χ3n) is 7.70. The standard InChI is InChI=1S/C23H35N7O6S/c1-10-18-17(11(2)31)21(34)30(18)19(22(35)36)20(10)37-13-7-15(28(3)9-13)29-5-4-12(6-16(29)33)27-14(32)8-26-23(24)25/h10-13,15,17-18,31H,4-9H2,1-3H3,(H,27,32)(H,35,36)(H4,24,25,26)/t10-,11-,12+,13+,15?,17-,18-/m1/s1. The van der Waals surface area contributed by atoms with E-state index in [2.05, 4.69) is 15.5 Å². The summed E-state index contributed by atoms with van der Waals surface area (Å²) in [6, 6.07) is -0.633. The van der Waals surface area contributed by atoms with Crippen LogP contribution in [-0.2, 0) is 19.2 Å². The predicted octanol–water partition coefficient (Wildman–Crippen LogP) is -1.51. The molecule has 37 heavy (non-hydrogen) atoms. The van der Waals surface area contributed by atoms with Crippen LogP contribution in [0, 0.1) is 17.2 Å². The monoisotopic (exact) mass is 537 g/mol. The number of fused-ring (bicyclic) bond motifs is 1. The molecule has 4 aliphatic rings. The van der Waals surface area contributed by atoms with Gasteiger partial charge in [-0.05, 0) is 26.8 Å². The number of nitrogens with one attached hydrogen (secondary N) is 3. The molecule has 0 spiro atoms. The number of amides is 3. The molecule has 0 bridgehead atoms. The van der Waals surface area contributed by atoms with Crippen molar-refractivity contribution in [3.63, 3.8) is 0 Å². The molecule has 14 heteroatoms. The Morgan fingerprint density at radius 3 is 2.62 bits per heavy atom. The van der Waals surface area contributed by atoms with Gasteiger partial charge in [0.05, 0.1) is 30.8 Å². The van der Waals surface area contributed by atoms with Gasteiger partial charge in [-0.15, -0.1) is 11.8 Å². The van der Waals surface area contributed by atoms with E-state index in [-0.39, 0.29) is 71.8 Å². The third kappa shape index (κ3) is 5.14. The normalized spacial score (nSPS) is 32.8. The second kappa shape index (κ2) is 10.5. The Morgan fingerprint density at radius 1 is 1.32 bits per heavy atom. The lowest BCUT2D eigenvalue weighted by atomic mass is 9.79. The number of aliphatic hydroxyl groups excluding tert-OH is 1. The molecule has 3 saturated heterocycles. The van der Waals surface area contributed by atoms with Crippen LogP contribution in [0.2, 0.25) is 0 Å². The summed E-state index contributed by atoms with van der Waals surface area (Å²) < 4.78 is 0. The van der Waals surface area contributed by atoms with Gasteiger partial charge in [0.25, 0.3) is 0 Å². The van der Waals surface area contributed by atoms with Gasteiger partial charge < -0.3 is 36.4 Å². The van der Waals surface area contributed by atoms with E-state index in [9.17, 15) is 29.4 Å². The molecule has 0 aromatic heterocycles. The molecule has 0 saturated carbocycles. The number of hydrogen-bond acceptors (Lipinski definition) is 8. The Balaban J connectivity index is 1.37. The topological polar surface area (TPSA) is 192 Å². The average Bonchev–Trinajstić information content (AvgIpc) is 3.27. The number of nitrogens with two attached hydrogens (primary N) is 1. The van der Waals surface area contributed by atoms with Crippen molar-refractivity contribution in [3.05, 3.63) is 10.6 Å². The lowest BCUT2D eigenvalue weighted by molar-refractivity contribution is -0.163. The summed E-state index contributed by atoms with van der Waals surface area (Å²) in [7, 11) is 1.94. The maximum absolute atomic E-state index is 13.0. The first-order valence-corrected chi connectivity index (χ1v) is 13.3. The van der Waals surface area contributed by atoms with Gasteiger partial charge in [0.2, 0.25) is 17.7 Å². The molecule has 0 radical (unpaired) electrons. The number of rotatable bonds is 8. The maximum Gasteiger partial charge on any atom is 0.353 e. The Morgan fingerprint density at radius 2 is 2.03 bits per heavy atom. The van der Waals surface area contributed by atoms with E-state index in [1.54, 1.807) is 6.92 Å². The highest BCUT2D eigenvalue weighted by Gasteiger charge is 2.60. The highest BCUT2D eigenvalue weighted by atomic mass is 32.2. The molecule has 0 aromatic carbocycles. The van der Waals surface area contributed by atoms with Gasteiger partial charge in [-0.1, -0.05) is 6.92 Å². The minimum absolute atomic E-state index is 0.0161. The van der Waals surface area contributed by atoms with Gasteiger partial charge in [-0.25, -0.2) is 4.79 Å². The average molecular weight is 538 g/mol. The summed E-state index contributed by atoms with van der Waals surface area (Å²) in [5.74, 6) is -2.97. The van der Waals surface area contributed by atoms with Gasteiger partial charge in [-0.2, -0.15) is 0 Å². The number of guanidine groups is 1. The number of aliphatic carboxylic acids is 1. The fraction of sp³-hybridized carbons (Fsp3) is 0.696.